The number of rotatable bonds is 14. The molecular weight excluding hydrogens is 516 g/mol. The number of nitrogens with one attached hydrogen (secondary N) is 2. The number of aliphatic hydroxyl groups excluding tert-OH is 1. The summed E-state index contributed by atoms with van der Waals surface area (Å²) in [7, 11) is 0. The molecule has 2 aromatic carbocycles. The van der Waals surface area contributed by atoms with E-state index in [9.17, 15) is 9.59 Å². The molecule has 9 heteroatoms. The summed E-state index contributed by atoms with van der Waals surface area (Å²) in [5, 5.41) is 9.15. The molecule has 2 amide bonds. The Morgan fingerprint density at radius 3 is 1.49 bits per heavy atom. The summed E-state index contributed by atoms with van der Waals surface area (Å²) in [4.78, 5) is 43.7. The lowest BCUT2D eigenvalue weighted by atomic mass is 10.0. The normalized spacial score (nSPS) is 11.0. The van der Waals surface area contributed by atoms with Crippen molar-refractivity contribution in [3.05, 3.63) is 72.6 Å². The van der Waals surface area contributed by atoms with E-state index in [2.05, 4.69) is 75.4 Å². The average Bonchev–Trinajstić information content (AvgIpc) is 3.68. The SMILES string of the molecule is CCCN(Cc1ncc(-c2ccc(-c3ccc(-c4cnc(CN(CCCO)C(=O)CC)[nH]4)cc3)cc2)[nH]1)C(=O)CC. The van der Waals surface area contributed by atoms with Crippen LogP contribution in [0.25, 0.3) is 33.6 Å². The van der Waals surface area contributed by atoms with Gasteiger partial charge < -0.3 is 24.9 Å². The maximum Gasteiger partial charge on any atom is 0.222 e. The first kappa shape index (κ1) is 29.7. The monoisotopic (exact) mass is 556 g/mol. The van der Waals surface area contributed by atoms with E-state index >= 15 is 0 Å². The highest BCUT2D eigenvalue weighted by atomic mass is 16.3. The number of imidazole rings is 2. The number of aliphatic hydroxyl groups is 1. The van der Waals surface area contributed by atoms with E-state index in [4.69, 9.17) is 5.11 Å². The number of hydrogen-bond acceptors (Lipinski definition) is 5. The van der Waals surface area contributed by atoms with Crippen molar-refractivity contribution < 1.29 is 14.7 Å². The zero-order chi connectivity index (χ0) is 29.2. The Kier molecular flexibility index (Phi) is 10.5. The Morgan fingerprint density at radius 2 is 1.10 bits per heavy atom. The molecule has 2 heterocycles. The molecule has 9 nitrogen and oxygen atoms in total. The van der Waals surface area contributed by atoms with E-state index in [0.717, 1.165) is 58.3 Å². The number of amides is 2. The second-order valence-corrected chi connectivity index (χ2v) is 10.1. The molecule has 41 heavy (non-hydrogen) atoms. The average molecular weight is 557 g/mol. The number of benzene rings is 2. The molecule has 3 N–H and O–H groups in total. The van der Waals surface area contributed by atoms with Gasteiger partial charge in [-0.3, -0.25) is 9.59 Å². The lowest BCUT2D eigenvalue weighted by molar-refractivity contribution is -0.132. The van der Waals surface area contributed by atoms with Crippen LogP contribution in [0.3, 0.4) is 0 Å². The Hall–Kier alpha value is -4.24. The lowest BCUT2D eigenvalue weighted by Gasteiger charge is -2.20. The van der Waals surface area contributed by atoms with Crippen LogP contribution in [0.1, 0.15) is 58.1 Å². The van der Waals surface area contributed by atoms with Crippen LogP contribution in [0.4, 0.5) is 0 Å². The standard InChI is InChI=1S/C32H40N6O3/c1-4-16-37(31(40)5-2)21-29-33-19-27(35-29)25-12-8-23(9-13-25)24-10-14-26(15-11-24)28-20-34-30(36-28)22-38(17-7-18-39)32(41)6-3/h8-15,19-20,39H,4-7,16-18,21-22H2,1-3H3,(H,33,35)(H,34,36). The predicted molar refractivity (Wildman–Crippen MR) is 160 cm³/mol. The summed E-state index contributed by atoms with van der Waals surface area (Å²) in [6.07, 6.45) is 5.98. The highest BCUT2D eigenvalue weighted by Gasteiger charge is 2.15. The zero-order valence-corrected chi connectivity index (χ0v) is 24.2. The molecule has 0 radical (unpaired) electrons. The molecule has 4 aromatic rings. The number of aromatic amines is 2. The first-order chi connectivity index (χ1) is 19.9. The van der Waals surface area contributed by atoms with Gasteiger partial charge in [-0.25, -0.2) is 9.97 Å². The number of H-pyrrole nitrogens is 2. The second-order valence-electron chi connectivity index (χ2n) is 10.1. The molecule has 0 atom stereocenters. The van der Waals surface area contributed by atoms with Crippen LogP contribution in [0, 0.1) is 0 Å². The Bertz CT molecular complexity index is 1410. The van der Waals surface area contributed by atoms with Gasteiger partial charge in [-0.05, 0) is 35.1 Å². The Balaban J connectivity index is 1.40. The Morgan fingerprint density at radius 1 is 0.683 bits per heavy atom. The van der Waals surface area contributed by atoms with Crippen LogP contribution < -0.4 is 0 Å². The maximum absolute atomic E-state index is 12.3. The molecule has 0 spiro atoms. The van der Waals surface area contributed by atoms with E-state index < -0.39 is 0 Å². The van der Waals surface area contributed by atoms with Gasteiger partial charge >= 0.3 is 0 Å². The van der Waals surface area contributed by atoms with Crippen LogP contribution in [0.15, 0.2) is 60.9 Å². The second kappa shape index (κ2) is 14.4. The van der Waals surface area contributed by atoms with E-state index in [-0.39, 0.29) is 18.4 Å². The third kappa shape index (κ3) is 7.70. The van der Waals surface area contributed by atoms with E-state index in [1.165, 1.54) is 0 Å². The van der Waals surface area contributed by atoms with Crippen molar-refractivity contribution >= 4 is 11.8 Å². The minimum Gasteiger partial charge on any atom is -0.396 e. The molecule has 0 bridgehead atoms. The van der Waals surface area contributed by atoms with Gasteiger partial charge in [-0.2, -0.15) is 0 Å². The highest BCUT2D eigenvalue weighted by molar-refractivity contribution is 5.76. The summed E-state index contributed by atoms with van der Waals surface area (Å²) >= 11 is 0. The van der Waals surface area contributed by atoms with Crippen molar-refractivity contribution in [1.82, 2.24) is 29.7 Å². The topological polar surface area (TPSA) is 118 Å². The molecular formula is C32H40N6O3. The van der Waals surface area contributed by atoms with E-state index in [1.807, 2.05) is 24.9 Å². The fourth-order valence-corrected chi connectivity index (χ4v) is 4.79. The van der Waals surface area contributed by atoms with Gasteiger partial charge in [0.1, 0.15) is 11.6 Å². The first-order valence-corrected chi connectivity index (χ1v) is 14.4. The molecule has 0 unspecified atom stereocenters. The van der Waals surface area contributed by atoms with Gasteiger partial charge in [0.15, 0.2) is 0 Å². The van der Waals surface area contributed by atoms with Gasteiger partial charge in [0.25, 0.3) is 0 Å². The van der Waals surface area contributed by atoms with Gasteiger partial charge in [0, 0.05) is 32.5 Å². The molecule has 4 rings (SSSR count). The van der Waals surface area contributed by atoms with Crippen LogP contribution >= 0.6 is 0 Å². The zero-order valence-electron chi connectivity index (χ0n) is 24.2. The van der Waals surface area contributed by atoms with Crippen molar-refractivity contribution in [2.45, 2.75) is 59.5 Å². The van der Waals surface area contributed by atoms with Gasteiger partial charge in [-0.15, -0.1) is 0 Å². The van der Waals surface area contributed by atoms with Crippen LogP contribution in [-0.4, -0.2) is 66.4 Å². The predicted octanol–water partition coefficient (Wildman–Crippen LogP) is 5.40. The summed E-state index contributed by atoms with van der Waals surface area (Å²) < 4.78 is 0. The fraction of sp³-hybridized carbons (Fsp3) is 0.375. The molecule has 0 aliphatic carbocycles. The van der Waals surface area contributed by atoms with Crippen molar-refractivity contribution in [1.29, 1.82) is 0 Å². The minimum absolute atomic E-state index is 0.0434. The third-order valence-electron chi connectivity index (χ3n) is 7.05. The van der Waals surface area contributed by atoms with Crippen molar-refractivity contribution in [2.75, 3.05) is 19.7 Å². The fourth-order valence-electron chi connectivity index (χ4n) is 4.79. The first-order valence-electron chi connectivity index (χ1n) is 14.4. The molecule has 0 fully saturated rings. The third-order valence-corrected chi connectivity index (χ3v) is 7.05. The largest absolute Gasteiger partial charge is 0.396 e. The number of aromatic nitrogens is 4. The molecule has 0 saturated carbocycles. The molecule has 216 valence electrons. The van der Waals surface area contributed by atoms with Crippen molar-refractivity contribution in [3.8, 4) is 33.6 Å². The minimum atomic E-state index is 0.0434. The van der Waals surface area contributed by atoms with Crippen molar-refractivity contribution in [2.24, 2.45) is 0 Å². The quantitative estimate of drug-likeness (QED) is 0.192. The summed E-state index contributed by atoms with van der Waals surface area (Å²) in [6.45, 7) is 7.95. The van der Waals surface area contributed by atoms with Gasteiger partial charge in [0.05, 0.1) is 36.9 Å². The number of hydrogen-bond donors (Lipinski definition) is 3. The summed E-state index contributed by atoms with van der Waals surface area (Å²) in [6, 6.07) is 16.6. The molecule has 0 aliphatic rings. The lowest BCUT2D eigenvalue weighted by Crippen LogP contribution is -2.31. The molecule has 2 aromatic heterocycles. The van der Waals surface area contributed by atoms with Crippen LogP contribution in [0.2, 0.25) is 0 Å². The smallest absolute Gasteiger partial charge is 0.222 e. The number of nitrogens with zero attached hydrogens (tertiary/aromatic N) is 4. The van der Waals surface area contributed by atoms with E-state index in [1.54, 1.807) is 11.1 Å². The van der Waals surface area contributed by atoms with E-state index in [0.29, 0.717) is 38.9 Å². The number of carbonyl (C=O) groups excluding carboxylic acids is 2. The van der Waals surface area contributed by atoms with Gasteiger partial charge in [0.2, 0.25) is 11.8 Å². The van der Waals surface area contributed by atoms with Gasteiger partial charge in [-0.1, -0.05) is 69.3 Å². The maximum atomic E-state index is 12.3. The molecule has 0 saturated heterocycles. The van der Waals surface area contributed by atoms with Crippen LogP contribution in [0.5, 0.6) is 0 Å². The van der Waals surface area contributed by atoms with Crippen molar-refractivity contribution in [3.63, 3.8) is 0 Å². The summed E-state index contributed by atoms with van der Waals surface area (Å²) in [5.74, 6) is 1.68. The number of carbonyl (C=O) groups is 2. The highest BCUT2D eigenvalue weighted by Crippen LogP contribution is 2.27. The molecule has 0 aliphatic heterocycles. The van der Waals surface area contributed by atoms with Crippen LogP contribution in [-0.2, 0) is 22.7 Å². The Labute approximate surface area is 241 Å². The summed E-state index contributed by atoms with van der Waals surface area (Å²) in [5.41, 5.74) is 6.06.